The summed E-state index contributed by atoms with van der Waals surface area (Å²) in [5.74, 6) is -0.0200. The molecule has 1 aliphatic rings. The van der Waals surface area contributed by atoms with E-state index in [1.807, 2.05) is 58.9 Å². The normalized spacial score (nSPS) is 25.6. The minimum atomic E-state index is -0.846. The smallest absolute Gasteiger partial charge is 0.341 e. The van der Waals surface area contributed by atoms with Gasteiger partial charge in [0, 0.05) is 0 Å². The van der Waals surface area contributed by atoms with Gasteiger partial charge in [0.05, 0.1) is 0 Å². The summed E-state index contributed by atoms with van der Waals surface area (Å²) in [6, 6.07) is 8.07. The summed E-state index contributed by atoms with van der Waals surface area (Å²) in [6.07, 6.45) is -0.196. The largest absolute Gasteiger partial charge is 0.457 e. The molecule has 1 aliphatic heterocycles. The van der Waals surface area contributed by atoms with E-state index in [1.165, 1.54) is 5.56 Å². The first kappa shape index (κ1) is 15.0. The van der Waals surface area contributed by atoms with Crippen molar-refractivity contribution in [2.24, 2.45) is 5.92 Å². The van der Waals surface area contributed by atoms with Crippen molar-refractivity contribution >= 4 is 5.97 Å². The molecule has 3 nitrogen and oxygen atoms in total. The van der Waals surface area contributed by atoms with Gasteiger partial charge in [0.15, 0.2) is 5.60 Å². The number of carbonyl (C=O) groups is 1. The zero-order chi connectivity index (χ0) is 15.1. The number of aryl methyl sites for hydroxylation is 1. The van der Waals surface area contributed by atoms with E-state index in [0.29, 0.717) is 0 Å². The van der Waals surface area contributed by atoms with Crippen LogP contribution in [-0.4, -0.2) is 17.2 Å². The number of benzene rings is 1. The van der Waals surface area contributed by atoms with Crippen LogP contribution in [0.3, 0.4) is 0 Å². The van der Waals surface area contributed by atoms with E-state index >= 15 is 0 Å². The first-order chi connectivity index (χ1) is 9.17. The molecule has 1 fully saturated rings. The Balaban J connectivity index is 2.07. The summed E-state index contributed by atoms with van der Waals surface area (Å²) in [5.41, 5.74) is 0.891. The molecule has 1 aromatic rings. The van der Waals surface area contributed by atoms with Gasteiger partial charge in [-0.25, -0.2) is 4.79 Å². The minimum absolute atomic E-state index is 0.196. The first-order valence-electron chi connectivity index (χ1n) is 7.14. The van der Waals surface area contributed by atoms with Crippen molar-refractivity contribution < 1.29 is 14.3 Å². The number of hydrogen-bond donors (Lipinski definition) is 0. The lowest BCUT2D eigenvalue weighted by Crippen LogP contribution is -2.38. The molecule has 3 heteroatoms. The summed E-state index contributed by atoms with van der Waals surface area (Å²) >= 11 is 0. The molecule has 110 valence electrons. The lowest BCUT2D eigenvalue weighted by atomic mass is 9.94. The highest BCUT2D eigenvalue weighted by Crippen LogP contribution is 2.50. The number of hydrogen-bond acceptors (Lipinski definition) is 3. The summed E-state index contributed by atoms with van der Waals surface area (Å²) in [4.78, 5) is 12.4. The SMILES string of the molecule is Cc1ccc(C2OC2(C)C(=O)OC(C)(C)C(C)C)cc1. The van der Waals surface area contributed by atoms with Crippen LogP contribution in [0.2, 0.25) is 0 Å². The molecule has 20 heavy (non-hydrogen) atoms. The average Bonchev–Trinajstić information content (AvgIpc) is 3.03. The second kappa shape index (κ2) is 4.88. The predicted octanol–water partition coefficient (Wildman–Crippen LogP) is 3.80. The second-order valence-corrected chi connectivity index (χ2v) is 6.66. The van der Waals surface area contributed by atoms with Crippen LogP contribution in [0.15, 0.2) is 24.3 Å². The number of rotatable bonds is 4. The summed E-state index contributed by atoms with van der Waals surface area (Å²) < 4.78 is 11.3. The molecule has 0 bridgehead atoms. The Morgan fingerprint density at radius 2 is 1.85 bits per heavy atom. The Hall–Kier alpha value is -1.35. The van der Waals surface area contributed by atoms with Crippen LogP contribution >= 0.6 is 0 Å². The van der Waals surface area contributed by atoms with Crippen LogP contribution in [0.25, 0.3) is 0 Å². The van der Waals surface area contributed by atoms with Crippen molar-refractivity contribution in [2.75, 3.05) is 0 Å². The summed E-state index contributed by atoms with van der Waals surface area (Å²) in [5, 5.41) is 0. The minimum Gasteiger partial charge on any atom is -0.457 e. The lowest BCUT2D eigenvalue weighted by molar-refractivity contribution is -0.166. The van der Waals surface area contributed by atoms with E-state index in [0.717, 1.165) is 5.56 Å². The van der Waals surface area contributed by atoms with Gasteiger partial charge < -0.3 is 9.47 Å². The van der Waals surface area contributed by atoms with Gasteiger partial charge in [-0.15, -0.1) is 0 Å². The summed E-state index contributed by atoms with van der Waals surface area (Å²) in [7, 11) is 0. The highest BCUT2D eigenvalue weighted by atomic mass is 16.7. The van der Waals surface area contributed by atoms with Crippen LogP contribution in [-0.2, 0) is 14.3 Å². The maximum Gasteiger partial charge on any atom is 0.341 e. The van der Waals surface area contributed by atoms with Crippen molar-refractivity contribution in [1.29, 1.82) is 0 Å². The van der Waals surface area contributed by atoms with Crippen LogP contribution < -0.4 is 0 Å². The fourth-order valence-electron chi connectivity index (χ4n) is 1.95. The molecule has 0 aromatic heterocycles. The predicted molar refractivity (Wildman–Crippen MR) is 78.4 cm³/mol. The average molecular weight is 276 g/mol. The zero-order valence-corrected chi connectivity index (χ0v) is 13.2. The van der Waals surface area contributed by atoms with Gasteiger partial charge in [0.1, 0.15) is 11.7 Å². The molecule has 0 radical (unpaired) electrons. The monoisotopic (exact) mass is 276 g/mol. The van der Waals surface area contributed by atoms with Gasteiger partial charge >= 0.3 is 5.97 Å². The van der Waals surface area contributed by atoms with Gasteiger partial charge in [-0.05, 0) is 39.2 Å². The van der Waals surface area contributed by atoms with E-state index in [2.05, 4.69) is 0 Å². The quantitative estimate of drug-likeness (QED) is 0.620. The third kappa shape index (κ3) is 2.73. The third-order valence-electron chi connectivity index (χ3n) is 4.34. The second-order valence-electron chi connectivity index (χ2n) is 6.66. The van der Waals surface area contributed by atoms with Crippen molar-refractivity contribution in [1.82, 2.24) is 0 Å². The van der Waals surface area contributed by atoms with Crippen LogP contribution in [0.1, 0.15) is 51.8 Å². The van der Waals surface area contributed by atoms with Gasteiger partial charge in [0.25, 0.3) is 0 Å². The number of esters is 1. The molecular formula is C17H24O3. The van der Waals surface area contributed by atoms with Crippen molar-refractivity contribution in [3.8, 4) is 0 Å². The maximum atomic E-state index is 12.4. The Morgan fingerprint density at radius 1 is 1.30 bits per heavy atom. The molecular weight excluding hydrogens is 252 g/mol. The maximum absolute atomic E-state index is 12.4. The molecule has 1 heterocycles. The zero-order valence-electron chi connectivity index (χ0n) is 13.2. The molecule has 2 rings (SSSR count). The molecule has 0 N–H and O–H groups in total. The van der Waals surface area contributed by atoms with Crippen molar-refractivity contribution in [2.45, 2.75) is 58.8 Å². The molecule has 2 unspecified atom stereocenters. The van der Waals surface area contributed by atoms with E-state index < -0.39 is 11.2 Å². The van der Waals surface area contributed by atoms with Crippen LogP contribution in [0.5, 0.6) is 0 Å². The van der Waals surface area contributed by atoms with Gasteiger partial charge in [-0.2, -0.15) is 0 Å². The van der Waals surface area contributed by atoms with Crippen LogP contribution in [0.4, 0.5) is 0 Å². The van der Waals surface area contributed by atoms with Gasteiger partial charge in [0.2, 0.25) is 0 Å². The molecule has 0 saturated carbocycles. The van der Waals surface area contributed by atoms with Gasteiger partial charge in [-0.3, -0.25) is 0 Å². The van der Waals surface area contributed by atoms with E-state index in [-0.39, 0.29) is 18.0 Å². The molecule has 0 aliphatic carbocycles. The standard InChI is InChI=1S/C17H24O3/c1-11(2)16(4,5)20-15(18)17(6)14(19-17)13-9-7-12(3)8-10-13/h7-11,14H,1-6H3. The number of carbonyl (C=O) groups excluding carboxylic acids is 1. The highest BCUT2D eigenvalue weighted by Gasteiger charge is 2.61. The number of ether oxygens (including phenoxy) is 2. The fraction of sp³-hybridized carbons (Fsp3) is 0.588. The first-order valence-corrected chi connectivity index (χ1v) is 7.14. The fourth-order valence-corrected chi connectivity index (χ4v) is 1.95. The third-order valence-corrected chi connectivity index (χ3v) is 4.34. The molecule has 1 saturated heterocycles. The Labute approximate surface area is 121 Å². The van der Waals surface area contributed by atoms with Gasteiger partial charge in [-0.1, -0.05) is 43.7 Å². The Kier molecular flexibility index (Phi) is 3.67. The van der Waals surface area contributed by atoms with E-state index in [1.54, 1.807) is 6.92 Å². The molecule has 2 atom stereocenters. The Morgan fingerprint density at radius 3 is 2.35 bits per heavy atom. The van der Waals surface area contributed by atoms with E-state index in [4.69, 9.17) is 9.47 Å². The van der Waals surface area contributed by atoms with Crippen molar-refractivity contribution in [3.63, 3.8) is 0 Å². The lowest BCUT2D eigenvalue weighted by Gasteiger charge is -2.30. The molecule has 0 spiro atoms. The topological polar surface area (TPSA) is 38.8 Å². The number of epoxide rings is 1. The van der Waals surface area contributed by atoms with E-state index in [9.17, 15) is 4.79 Å². The van der Waals surface area contributed by atoms with Crippen molar-refractivity contribution in [3.05, 3.63) is 35.4 Å². The summed E-state index contributed by atoms with van der Waals surface area (Å²) in [6.45, 7) is 11.8. The molecule has 0 amide bonds. The Bertz CT molecular complexity index is 501. The van der Waals surface area contributed by atoms with Crippen LogP contribution in [0, 0.1) is 12.8 Å². The molecule has 1 aromatic carbocycles. The highest BCUT2D eigenvalue weighted by molar-refractivity contribution is 5.83.